The van der Waals surface area contributed by atoms with Gasteiger partial charge in [-0.25, -0.2) is 0 Å². The Balaban J connectivity index is 1.26. The standard InChI is InChI=1S/C42H70O13/c1-20(2)10-9-11-21(3)22-12-14-42(8)29(22)23(45)16-28-40(6)17-24(46)36(39(4,5)27(40)13-15-41(28,42)7)55-38-35(33(50)31(48)26(19-44)53-38)54-37-34(51)32(49)30(47)25(18-43)52-37/h10-11,22-38,43-51H,9,12-19H2,1-8H3/t22-,23-,24-,25-,26-,27-,28-,29+,30-,31-,32+,33+,34-,35-,36+,37+,38+,40+,41-,42-/m1/s1. The molecule has 20 atom stereocenters. The van der Waals surface area contributed by atoms with Gasteiger partial charge >= 0.3 is 0 Å². The first-order valence-electron chi connectivity index (χ1n) is 20.6. The van der Waals surface area contributed by atoms with E-state index in [0.29, 0.717) is 18.8 Å². The third kappa shape index (κ3) is 7.12. The summed E-state index contributed by atoms with van der Waals surface area (Å²) in [5.74, 6) is 0.659. The van der Waals surface area contributed by atoms with Crippen LogP contribution in [0.3, 0.4) is 0 Å². The van der Waals surface area contributed by atoms with Crippen LogP contribution in [0.1, 0.15) is 100 Å². The normalized spacial score (nSPS) is 52.5. The number of hydrogen-bond acceptors (Lipinski definition) is 13. The highest BCUT2D eigenvalue weighted by atomic mass is 16.8. The van der Waals surface area contributed by atoms with E-state index in [2.05, 4.69) is 67.5 Å². The van der Waals surface area contributed by atoms with Crippen molar-refractivity contribution in [2.24, 2.45) is 45.3 Å². The molecule has 4 saturated carbocycles. The molecule has 0 bridgehead atoms. The summed E-state index contributed by atoms with van der Waals surface area (Å²) in [7, 11) is 0. The Hall–Kier alpha value is -1.04. The van der Waals surface area contributed by atoms with E-state index in [0.717, 1.165) is 32.1 Å². The quantitative estimate of drug-likeness (QED) is 0.121. The van der Waals surface area contributed by atoms with Crippen LogP contribution < -0.4 is 0 Å². The fourth-order valence-electron chi connectivity index (χ4n) is 13.1. The lowest BCUT2D eigenvalue weighted by atomic mass is 9.35. The van der Waals surface area contributed by atoms with Crippen LogP contribution in [0.4, 0.5) is 0 Å². The Morgan fingerprint density at radius 3 is 1.89 bits per heavy atom. The van der Waals surface area contributed by atoms with Crippen molar-refractivity contribution in [1.29, 1.82) is 0 Å². The molecule has 0 amide bonds. The molecule has 2 aliphatic heterocycles. The number of rotatable bonds is 9. The molecule has 0 aromatic carbocycles. The summed E-state index contributed by atoms with van der Waals surface area (Å²) < 4.78 is 24.1. The molecule has 2 saturated heterocycles. The molecule has 2 heterocycles. The maximum Gasteiger partial charge on any atom is 0.187 e. The smallest absolute Gasteiger partial charge is 0.187 e. The Labute approximate surface area is 326 Å². The minimum atomic E-state index is -1.79. The molecule has 0 aromatic rings. The number of aliphatic hydroxyl groups is 9. The van der Waals surface area contributed by atoms with Gasteiger partial charge in [-0.05, 0) is 111 Å². The molecular weight excluding hydrogens is 712 g/mol. The summed E-state index contributed by atoms with van der Waals surface area (Å²) in [6.07, 6.45) is -7.67. The lowest BCUT2D eigenvalue weighted by Crippen LogP contribution is -2.69. The zero-order valence-corrected chi connectivity index (χ0v) is 34.0. The predicted octanol–water partition coefficient (Wildman–Crippen LogP) is 1.93. The molecule has 13 nitrogen and oxygen atoms in total. The molecule has 0 aromatic heterocycles. The first-order valence-corrected chi connectivity index (χ1v) is 20.6. The van der Waals surface area contributed by atoms with Crippen molar-refractivity contribution in [3.63, 3.8) is 0 Å². The van der Waals surface area contributed by atoms with Gasteiger partial charge in [-0.1, -0.05) is 57.9 Å². The van der Waals surface area contributed by atoms with Gasteiger partial charge in [0, 0.05) is 0 Å². The van der Waals surface area contributed by atoms with Gasteiger partial charge in [-0.3, -0.25) is 0 Å². The lowest BCUT2D eigenvalue weighted by Gasteiger charge is -2.71. The highest BCUT2D eigenvalue weighted by Gasteiger charge is 2.71. The fraction of sp³-hybridized carbons (Fsp3) is 0.905. The average Bonchev–Trinajstić information content (AvgIpc) is 3.49. The SMILES string of the molecule is CC(C)=CCC=C(C)[C@H]1CC[C@]2(C)[C@@H]1[C@H](O)C[C@@H]1[C@@]3(C)C[C@@H](O)[C@H](O[C@@H]4O[C@H](CO)[C@@H](O)[C@H](O)[C@H]4O[C@@H]4O[C@H](CO)[C@@H](O)[C@H](O)[C@H]4O)C(C)(C)[C@H]3CC[C@]12C. The molecule has 13 heteroatoms. The summed E-state index contributed by atoms with van der Waals surface area (Å²) >= 11 is 0. The second-order valence-electron chi connectivity index (χ2n) is 19.6. The van der Waals surface area contributed by atoms with Gasteiger partial charge in [-0.15, -0.1) is 0 Å². The highest BCUT2D eigenvalue weighted by Crippen LogP contribution is 2.75. The van der Waals surface area contributed by atoms with E-state index >= 15 is 0 Å². The number of hydrogen-bond donors (Lipinski definition) is 9. The molecule has 0 unspecified atom stereocenters. The molecule has 4 aliphatic carbocycles. The maximum absolute atomic E-state index is 12.2. The summed E-state index contributed by atoms with van der Waals surface area (Å²) in [5, 5.41) is 97.6. The van der Waals surface area contributed by atoms with E-state index in [1.165, 1.54) is 11.1 Å². The molecule has 6 rings (SSSR count). The molecular formula is C42H70O13. The van der Waals surface area contributed by atoms with Gasteiger partial charge in [0.25, 0.3) is 0 Å². The van der Waals surface area contributed by atoms with Crippen LogP contribution in [-0.2, 0) is 18.9 Å². The zero-order chi connectivity index (χ0) is 40.6. The Kier molecular flexibility index (Phi) is 12.6. The lowest BCUT2D eigenvalue weighted by molar-refractivity contribution is -0.383. The van der Waals surface area contributed by atoms with E-state index in [-0.39, 0.29) is 34.0 Å². The average molecular weight is 783 g/mol. The minimum absolute atomic E-state index is 0.0549. The number of fused-ring (bicyclic) bond motifs is 5. The van der Waals surface area contributed by atoms with Crippen molar-refractivity contribution in [3.8, 4) is 0 Å². The summed E-state index contributed by atoms with van der Waals surface area (Å²) in [5.41, 5.74) is 1.45. The topological polar surface area (TPSA) is 219 Å². The van der Waals surface area contributed by atoms with Crippen LogP contribution in [0.25, 0.3) is 0 Å². The second kappa shape index (κ2) is 15.9. The summed E-state index contributed by atoms with van der Waals surface area (Å²) in [6, 6.07) is 0. The number of aliphatic hydroxyl groups excluding tert-OH is 9. The van der Waals surface area contributed by atoms with Crippen LogP contribution in [0.15, 0.2) is 23.3 Å². The fourth-order valence-corrected chi connectivity index (χ4v) is 13.1. The second-order valence-corrected chi connectivity index (χ2v) is 19.6. The van der Waals surface area contributed by atoms with Crippen molar-refractivity contribution >= 4 is 0 Å². The molecule has 6 fully saturated rings. The van der Waals surface area contributed by atoms with Gasteiger partial charge in [0.2, 0.25) is 0 Å². The van der Waals surface area contributed by atoms with Crippen molar-refractivity contribution in [1.82, 2.24) is 0 Å². The Morgan fingerprint density at radius 2 is 1.27 bits per heavy atom. The van der Waals surface area contributed by atoms with Crippen molar-refractivity contribution in [2.45, 2.75) is 180 Å². The van der Waals surface area contributed by atoms with Gasteiger partial charge in [-0.2, -0.15) is 0 Å². The minimum Gasteiger partial charge on any atom is -0.394 e. The van der Waals surface area contributed by atoms with Crippen LogP contribution in [0.5, 0.6) is 0 Å². The summed E-state index contributed by atoms with van der Waals surface area (Å²) in [6.45, 7) is 16.3. The third-order valence-electron chi connectivity index (χ3n) is 16.1. The van der Waals surface area contributed by atoms with E-state index in [4.69, 9.17) is 18.9 Å². The molecule has 0 radical (unpaired) electrons. The van der Waals surface area contributed by atoms with Gasteiger partial charge in [0.1, 0.15) is 48.8 Å². The van der Waals surface area contributed by atoms with Crippen LogP contribution in [0.2, 0.25) is 0 Å². The molecule has 55 heavy (non-hydrogen) atoms. The van der Waals surface area contributed by atoms with Crippen molar-refractivity contribution < 1.29 is 64.9 Å². The van der Waals surface area contributed by atoms with Crippen molar-refractivity contribution in [2.75, 3.05) is 13.2 Å². The van der Waals surface area contributed by atoms with E-state index < -0.39 is 98.4 Å². The van der Waals surface area contributed by atoms with Crippen LogP contribution in [0, 0.1) is 45.3 Å². The van der Waals surface area contributed by atoms with Gasteiger partial charge < -0.3 is 64.9 Å². The molecule has 6 aliphatic rings. The van der Waals surface area contributed by atoms with E-state index in [9.17, 15) is 46.0 Å². The number of ether oxygens (including phenoxy) is 4. The first kappa shape index (κ1) is 43.5. The molecule has 316 valence electrons. The largest absolute Gasteiger partial charge is 0.394 e. The Bertz CT molecular complexity index is 1420. The monoisotopic (exact) mass is 782 g/mol. The van der Waals surface area contributed by atoms with Gasteiger partial charge in [0.05, 0.1) is 31.5 Å². The number of allylic oxidation sites excluding steroid dienone is 4. The van der Waals surface area contributed by atoms with E-state index in [1.807, 2.05) is 0 Å². The maximum atomic E-state index is 12.2. The Morgan fingerprint density at radius 1 is 0.673 bits per heavy atom. The van der Waals surface area contributed by atoms with Gasteiger partial charge in [0.15, 0.2) is 12.6 Å². The molecule has 9 N–H and O–H groups in total. The highest BCUT2D eigenvalue weighted by molar-refractivity contribution is 5.23. The summed E-state index contributed by atoms with van der Waals surface area (Å²) in [4.78, 5) is 0. The predicted molar refractivity (Wildman–Crippen MR) is 201 cm³/mol. The van der Waals surface area contributed by atoms with Crippen LogP contribution >= 0.6 is 0 Å². The van der Waals surface area contributed by atoms with E-state index in [1.54, 1.807) is 0 Å². The van der Waals surface area contributed by atoms with Crippen molar-refractivity contribution in [3.05, 3.63) is 23.3 Å². The molecule has 0 spiro atoms. The zero-order valence-electron chi connectivity index (χ0n) is 34.0. The first-order chi connectivity index (χ1) is 25.7. The van der Waals surface area contributed by atoms with Crippen LogP contribution in [-0.4, -0.2) is 139 Å². The third-order valence-corrected chi connectivity index (χ3v) is 16.1.